The van der Waals surface area contributed by atoms with Crippen molar-refractivity contribution in [3.05, 3.63) is 93.0 Å². The molecule has 3 aromatic rings. The molecule has 0 bridgehead atoms. The first-order chi connectivity index (χ1) is 20.1. The summed E-state index contributed by atoms with van der Waals surface area (Å²) in [5.74, 6) is 0.997. The number of anilines is 1. The Balaban J connectivity index is -0.000000155. The summed E-state index contributed by atoms with van der Waals surface area (Å²) in [5.41, 5.74) is 6.04. The standard InChI is InChI=1S/C8H9NO4.C8H11NO2.C6H5NO3.C2H5BrO.CH2O3.2K.H/c10-4-5-13-8-3-1-2-7(6-8)9(11)12;9-7-2-1-3-8(6-7)11-5-4-10;8-6-3-1-2-5(4-6)7(9)10;3-1-2-4;2-1-4-3;;;/h1-3,6,10H,4-5H2;1-3,6,10H,4-5,9H2;1-4,8H;4H,1-2H2;1,3H;;;/q;;;;;2*+1;-1/p-1. The van der Waals surface area contributed by atoms with Gasteiger partial charge in [-0.1, -0.05) is 34.1 Å². The van der Waals surface area contributed by atoms with Gasteiger partial charge in [-0.2, -0.15) is 0 Å². The molecule has 0 aliphatic rings. The molecule has 19 heteroatoms. The molecule has 0 amide bonds. The number of ether oxygens (including phenoxy) is 2. The molecule has 3 rings (SSSR count). The number of aliphatic hydroxyl groups is 3. The summed E-state index contributed by atoms with van der Waals surface area (Å²) in [5, 5.41) is 63.0. The molecule has 0 aliphatic heterocycles. The Kier molecular flexibility index (Phi) is 39.0. The van der Waals surface area contributed by atoms with Crippen LogP contribution in [0.1, 0.15) is 1.43 Å². The number of alkyl halides is 1. The maximum absolute atomic E-state index is 10.3. The second-order valence-electron chi connectivity index (χ2n) is 6.85. The number of benzene rings is 3. The van der Waals surface area contributed by atoms with Crippen molar-refractivity contribution in [1.29, 1.82) is 0 Å². The SMILES string of the molecule is Nc1cccc(OCCO)c1.O=CO[O-].O=[N+]([O-])c1cccc(O)c1.O=[N+]([O-])c1cccc(OCCO)c1.OCCBr.[H-].[K+].[K+]. The molecular formula is C25H32BrK2N3O13. The van der Waals surface area contributed by atoms with Crippen molar-refractivity contribution in [2.75, 3.05) is 44.1 Å². The fraction of sp³-hybridized carbons (Fsp3) is 0.240. The van der Waals surface area contributed by atoms with Gasteiger partial charge in [-0.3, -0.25) is 25.0 Å². The summed E-state index contributed by atoms with van der Waals surface area (Å²) in [6.07, 6.45) is 0. The summed E-state index contributed by atoms with van der Waals surface area (Å²) in [6.45, 7) is 0.419. The first-order valence-electron chi connectivity index (χ1n) is 11.5. The molecule has 0 saturated heterocycles. The van der Waals surface area contributed by atoms with Crippen molar-refractivity contribution in [3.63, 3.8) is 0 Å². The van der Waals surface area contributed by atoms with Crippen LogP contribution in [0.3, 0.4) is 0 Å². The number of halogens is 1. The van der Waals surface area contributed by atoms with E-state index in [9.17, 15) is 20.2 Å². The number of nitrogens with two attached hydrogens (primary N) is 1. The number of nitrogens with zero attached hydrogens (tertiary/aromatic N) is 2. The van der Waals surface area contributed by atoms with E-state index in [-0.39, 0.29) is 154 Å². The number of nitrogen functional groups attached to an aromatic ring is 1. The van der Waals surface area contributed by atoms with Crippen LogP contribution in [-0.2, 0) is 9.68 Å². The normalized spacial score (nSPS) is 8.48. The van der Waals surface area contributed by atoms with Gasteiger partial charge in [-0.25, -0.2) is 0 Å². The van der Waals surface area contributed by atoms with E-state index >= 15 is 0 Å². The van der Waals surface area contributed by atoms with Crippen LogP contribution in [0.25, 0.3) is 0 Å². The summed E-state index contributed by atoms with van der Waals surface area (Å²) in [7, 11) is 0. The van der Waals surface area contributed by atoms with Crippen LogP contribution < -0.4 is 123 Å². The molecule has 0 heterocycles. The van der Waals surface area contributed by atoms with Crippen molar-refractivity contribution in [1.82, 2.24) is 0 Å². The zero-order valence-corrected chi connectivity index (χ0v) is 31.9. The zero-order valence-electron chi connectivity index (χ0n) is 25.1. The Bertz CT molecular complexity index is 1170. The van der Waals surface area contributed by atoms with E-state index in [1.807, 2.05) is 6.07 Å². The second-order valence-corrected chi connectivity index (χ2v) is 7.65. The minimum Gasteiger partial charge on any atom is -1.00 e. The number of hydrogen-bond acceptors (Lipinski definition) is 14. The average Bonchev–Trinajstić information content (AvgIpc) is 3.00. The number of nitro benzene ring substituents is 2. The van der Waals surface area contributed by atoms with Crippen LogP contribution in [0, 0.1) is 20.2 Å². The molecule has 16 nitrogen and oxygen atoms in total. The van der Waals surface area contributed by atoms with Crippen molar-refractivity contribution < 1.29 is 159 Å². The van der Waals surface area contributed by atoms with Gasteiger partial charge in [0, 0.05) is 29.2 Å². The number of phenolic OH excluding ortho intramolecular Hbond substituents is 1. The molecule has 234 valence electrons. The molecule has 0 saturated carbocycles. The van der Waals surface area contributed by atoms with E-state index in [1.54, 1.807) is 24.3 Å². The molecule has 0 atom stereocenters. The summed E-state index contributed by atoms with van der Waals surface area (Å²) in [6, 6.07) is 18.2. The van der Waals surface area contributed by atoms with Crippen molar-refractivity contribution >= 4 is 39.5 Å². The minimum absolute atomic E-state index is 0. The zero-order chi connectivity index (χ0) is 32.2. The predicted molar refractivity (Wildman–Crippen MR) is 153 cm³/mol. The molecule has 0 aliphatic carbocycles. The number of nitro groups is 2. The van der Waals surface area contributed by atoms with Gasteiger partial charge < -0.3 is 47.2 Å². The van der Waals surface area contributed by atoms with E-state index in [2.05, 4.69) is 20.8 Å². The van der Waals surface area contributed by atoms with Gasteiger partial charge in [0.05, 0.1) is 41.8 Å². The Morgan fingerprint density at radius 2 is 1.20 bits per heavy atom. The number of aliphatic hydroxyl groups excluding tert-OH is 3. The van der Waals surface area contributed by atoms with Gasteiger partial charge in [0.1, 0.15) is 30.5 Å². The Labute approximate surface area is 347 Å². The number of non-ortho nitro benzene ring substituents is 2. The summed E-state index contributed by atoms with van der Waals surface area (Å²) >= 11 is 3.00. The third kappa shape index (κ3) is 29.4. The van der Waals surface area contributed by atoms with Crippen LogP contribution in [0.4, 0.5) is 17.1 Å². The van der Waals surface area contributed by atoms with E-state index in [1.165, 1.54) is 36.4 Å². The average molecular weight is 741 g/mol. The molecular weight excluding hydrogens is 708 g/mol. The molecule has 6 N–H and O–H groups in total. The van der Waals surface area contributed by atoms with Crippen LogP contribution in [0.2, 0.25) is 0 Å². The third-order valence-electron chi connectivity index (χ3n) is 3.77. The Hall–Kier alpha value is -1.28. The predicted octanol–water partition coefficient (Wildman–Crippen LogP) is -4.16. The molecule has 3 aromatic carbocycles. The maximum Gasteiger partial charge on any atom is 1.00 e. The van der Waals surface area contributed by atoms with Crippen molar-refractivity contribution in [2.45, 2.75) is 0 Å². The molecule has 0 fully saturated rings. The van der Waals surface area contributed by atoms with E-state index in [0.29, 0.717) is 29.1 Å². The fourth-order valence-corrected chi connectivity index (χ4v) is 2.22. The smallest absolute Gasteiger partial charge is 1.00 e. The van der Waals surface area contributed by atoms with Gasteiger partial charge in [0.15, 0.2) is 0 Å². The van der Waals surface area contributed by atoms with Crippen molar-refractivity contribution in [2.24, 2.45) is 0 Å². The van der Waals surface area contributed by atoms with E-state index < -0.39 is 9.85 Å². The minimum atomic E-state index is -0.556. The van der Waals surface area contributed by atoms with Crippen molar-refractivity contribution in [3.8, 4) is 17.2 Å². The maximum atomic E-state index is 10.3. The fourth-order valence-electron chi connectivity index (χ4n) is 2.22. The number of carbonyl (C=O) groups is 1. The molecule has 0 radical (unpaired) electrons. The monoisotopic (exact) mass is 739 g/mol. The molecule has 44 heavy (non-hydrogen) atoms. The van der Waals surface area contributed by atoms with Gasteiger partial charge in [0.25, 0.3) is 17.8 Å². The van der Waals surface area contributed by atoms with Gasteiger partial charge in [-0.15, -0.1) is 0 Å². The first kappa shape index (κ1) is 49.6. The number of hydrogen-bond donors (Lipinski definition) is 5. The first-order valence-corrected chi connectivity index (χ1v) is 12.6. The van der Waals surface area contributed by atoms with E-state index in [4.69, 9.17) is 45.7 Å². The number of carbonyl (C=O) groups excluding carboxylic acids is 1. The summed E-state index contributed by atoms with van der Waals surface area (Å²) < 4.78 is 10.1. The molecule has 0 spiro atoms. The second kappa shape index (κ2) is 34.6. The quantitative estimate of drug-likeness (QED) is 0.0252. The topological polar surface area (TPSA) is 261 Å². The van der Waals surface area contributed by atoms with Crippen LogP contribution in [-0.4, -0.2) is 75.1 Å². The number of phenols is 1. The Morgan fingerprint density at radius 1 is 0.795 bits per heavy atom. The van der Waals surface area contributed by atoms with Crippen LogP contribution >= 0.6 is 15.9 Å². The van der Waals surface area contributed by atoms with Gasteiger partial charge in [0.2, 0.25) is 0 Å². The third-order valence-corrected chi connectivity index (χ3v) is 4.13. The summed E-state index contributed by atoms with van der Waals surface area (Å²) in [4.78, 5) is 30.6. The van der Waals surface area contributed by atoms with Crippen LogP contribution in [0.5, 0.6) is 17.2 Å². The van der Waals surface area contributed by atoms with Gasteiger partial charge in [-0.05, 0) is 24.3 Å². The van der Waals surface area contributed by atoms with Gasteiger partial charge >= 0.3 is 103 Å². The molecule has 0 unspecified atom stereocenters. The van der Waals surface area contributed by atoms with Crippen LogP contribution in [0.15, 0.2) is 72.8 Å². The van der Waals surface area contributed by atoms with E-state index in [0.717, 1.165) is 6.07 Å². The Morgan fingerprint density at radius 3 is 1.55 bits per heavy atom. The number of aromatic hydroxyl groups is 1. The largest absolute Gasteiger partial charge is 1.00 e. The number of rotatable bonds is 10. The molecule has 0 aromatic heterocycles.